The van der Waals surface area contributed by atoms with Crippen molar-refractivity contribution in [3.8, 4) is 0 Å². The molecule has 2 atom stereocenters. The summed E-state index contributed by atoms with van der Waals surface area (Å²) in [4.78, 5) is 25.9. The van der Waals surface area contributed by atoms with E-state index in [2.05, 4.69) is 0 Å². The van der Waals surface area contributed by atoms with Gasteiger partial charge in [-0.1, -0.05) is 91.0 Å². The van der Waals surface area contributed by atoms with Gasteiger partial charge < -0.3 is 9.47 Å². The number of rotatable bonds is 13. The molecule has 0 radical (unpaired) electrons. The second kappa shape index (κ2) is 14.0. The molecule has 7 heteroatoms. The van der Waals surface area contributed by atoms with Crippen molar-refractivity contribution < 1.29 is 28.2 Å². The van der Waals surface area contributed by atoms with Gasteiger partial charge in [0.25, 0.3) is 0 Å². The predicted octanol–water partition coefficient (Wildman–Crippen LogP) is 5.56. The number of hydrogen-bond donors (Lipinski definition) is 0. The van der Waals surface area contributed by atoms with Crippen molar-refractivity contribution in [2.75, 3.05) is 6.61 Å². The van der Waals surface area contributed by atoms with Crippen LogP contribution < -0.4 is 0 Å². The molecule has 3 aromatic carbocycles. The van der Waals surface area contributed by atoms with Crippen LogP contribution >= 0.6 is 8.69 Å². The average molecular weight is 478 g/mol. The smallest absolute Gasteiger partial charge is 0.327 e. The molecule has 0 saturated carbocycles. The van der Waals surface area contributed by atoms with E-state index < -0.39 is 32.5 Å². The van der Waals surface area contributed by atoms with Gasteiger partial charge in [-0.3, -0.25) is 14.1 Å². The Balaban J connectivity index is 1.70. The normalized spacial score (nSPS) is 12.6. The second-order valence-corrected chi connectivity index (χ2v) is 8.28. The van der Waals surface area contributed by atoms with E-state index in [9.17, 15) is 14.2 Å². The molecule has 0 aliphatic heterocycles. The molecule has 3 rings (SSSR count). The zero-order valence-electron chi connectivity index (χ0n) is 18.7. The average Bonchev–Trinajstić information content (AvgIpc) is 2.89. The quantitative estimate of drug-likeness (QED) is 0.236. The summed E-state index contributed by atoms with van der Waals surface area (Å²) in [7, 11) is -0.537. The number of hydrogen-bond acceptors (Lipinski definition) is 6. The molecule has 0 heterocycles. The molecule has 0 N–H and O–H groups in total. The SMILES string of the molecule is O=POCC(CC(Cc1ccccc1)C(=O)OCc1ccccc1)C(=O)OCc1ccccc1. The molecule has 0 aliphatic carbocycles. The van der Waals surface area contributed by atoms with Gasteiger partial charge in [0, 0.05) is 0 Å². The fourth-order valence-corrected chi connectivity index (χ4v) is 3.79. The largest absolute Gasteiger partial charge is 0.461 e. The van der Waals surface area contributed by atoms with Crippen LogP contribution in [-0.2, 0) is 47.8 Å². The summed E-state index contributed by atoms with van der Waals surface area (Å²) in [6.07, 6.45) is 0.539. The number of benzene rings is 3. The molecule has 6 nitrogen and oxygen atoms in total. The third-order valence-electron chi connectivity index (χ3n) is 5.34. The van der Waals surface area contributed by atoms with E-state index in [0.717, 1.165) is 16.7 Å². The summed E-state index contributed by atoms with van der Waals surface area (Å²) >= 11 is 0. The zero-order valence-corrected chi connectivity index (χ0v) is 19.6. The summed E-state index contributed by atoms with van der Waals surface area (Å²) < 4.78 is 27.0. The monoisotopic (exact) mass is 478 g/mol. The Kier molecular flexibility index (Phi) is 10.4. The first-order valence-electron chi connectivity index (χ1n) is 11.1. The van der Waals surface area contributed by atoms with Crippen molar-refractivity contribution in [3.63, 3.8) is 0 Å². The molecule has 2 unspecified atom stereocenters. The van der Waals surface area contributed by atoms with Gasteiger partial charge in [-0.2, -0.15) is 0 Å². The summed E-state index contributed by atoms with van der Waals surface area (Å²) in [5.41, 5.74) is 2.67. The molecule has 34 heavy (non-hydrogen) atoms. The summed E-state index contributed by atoms with van der Waals surface area (Å²) in [6, 6.07) is 28.3. The molecule has 0 bridgehead atoms. The molecule has 0 aromatic heterocycles. The molecule has 0 fully saturated rings. The van der Waals surface area contributed by atoms with Gasteiger partial charge in [0.2, 0.25) is 0 Å². The Bertz CT molecular complexity index is 1030. The highest BCUT2D eigenvalue weighted by atomic mass is 31.1. The minimum absolute atomic E-state index is 0.104. The number of carbonyl (C=O) groups is 2. The van der Waals surface area contributed by atoms with E-state index in [4.69, 9.17) is 14.0 Å². The van der Waals surface area contributed by atoms with Crippen molar-refractivity contribution in [1.82, 2.24) is 0 Å². The first kappa shape index (κ1) is 25.3. The Hall–Kier alpha value is -3.34. The van der Waals surface area contributed by atoms with Crippen LogP contribution in [0.25, 0.3) is 0 Å². The molecule has 0 amide bonds. The third-order valence-corrected chi connectivity index (χ3v) is 5.59. The van der Waals surface area contributed by atoms with Crippen LogP contribution in [0.15, 0.2) is 91.0 Å². The second-order valence-electron chi connectivity index (χ2n) is 7.88. The number of esters is 2. The maximum atomic E-state index is 13.1. The summed E-state index contributed by atoms with van der Waals surface area (Å²) in [5.74, 6) is -2.30. The van der Waals surface area contributed by atoms with E-state index in [1.807, 2.05) is 91.0 Å². The predicted molar refractivity (Wildman–Crippen MR) is 128 cm³/mol. The van der Waals surface area contributed by atoms with Gasteiger partial charge in [-0.15, -0.1) is 0 Å². The molecule has 176 valence electrons. The lowest BCUT2D eigenvalue weighted by atomic mass is 9.89. The molecule has 0 saturated heterocycles. The van der Waals surface area contributed by atoms with E-state index >= 15 is 0 Å². The highest BCUT2D eigenvalue weighted by Gasteiger charge is 2.30. The minimum Gasteiger partial charge on any atom is -0.461 e. The number of carbonyl (C=O) groups excluding carboxylic acids is 2. The molecule has 3 aromatic rings. The van der Waals surface area contributed by atoms with Crippen LogP contribution in [0.5, 0.6) is 0 Å². The Morgan fingerprint density at radius 2 is 1.09 bits per heavy atom. The van der Waals surface area contributed by atoms with Crippen LogP contribution in [0.2, 0.25) is 0 Å². The fourth-order valence-electron chi connectivity index (χ4n) is 3.55. The zero-order chi connectivity index (χ0) is 24.0. The maximum Gasteiger partial charge on any atom is 0.327 e. The first-order valence-corrected chi connectivity index (χ1v) is 11.8. The van der Waals surface area contributed by atoms with E-state index in [0.29, 0.717) is 6.42 Å². The standard InChI is InChI=1S/C27H27O6P/c28-26(31-18-22-12-6-2-7-13-22)24(16-21-10-4-1-5-11-21)17-25(20-33-34-30)27(29)32-19-23-14-8-3-9-15-23/h1-15,24-25H,16-20H2. The molecule has 0 spiro atoms. The van der Waals surface area contributed by atoms with E-state index in [-0.39, 0.29) is 26.2 Å². The van der Waals surface area contributed by atoms with Crippen molar-refractivity contribution in [1.29, 1.82) is 0 Å². The highest BCUT2D eigenvalue weighted by molar-refractivity contribution is 7.17. The van der Waals surface area contributed by atoms with Gasteiger partial charge in [-0.05, 0) is 29.5 Å². The molecule has 0 aliphatic rings. The molecular formula is C27H27O6P. The Morgan fingerprint density at radius 3 is 1.56 bits per heavy atom. The lowest BCUT2D eigenvalue weighted by Crippen LogP contribution is -2.29. The summed E-state index contributed by atoms with van der Waals surface area (Å²) in [5, 5.41) is 0. The van der Waals surface area contributed by atoms with Crippen LogP contribution in [0.3, 0.4) is 0 Å². The highest BCUT2D eigenvalue weighted by Crippen LogP contribution is 2.23. The van der Waals surface area contributed by atoms with E-state index in [1.165, 1.54) is 0 Å². The first-order chi connectivity index (χ1) is 16.7. The molecular weight excluding hydrogens is 451 g/mol. The summed E-state index contributed by atoms with van der Waals surface area (Å²) in [6.45, 7) is 0.118. The van der Waals surface area contributed by atoms with Gasteiger partial charge in [0.05, 0.1) is 18.4 Å². The van der Waals surface area contributed by atoms with Crippen molar-refractivity contribution in [2.24, 2.45) is 11.8 Å². The van der Waals surface area contributed by atoms with Crippen LogP contribution in [0, 0.1) is 11.8 Å². The van der Waals surface area contributed by atoms with Gasteiger partial charge in [-0.25, -0.2) is 4.57 Å². The van der Waals surface area contributed by atoms with Crippen molar-refractivity contribution in [2.45, 2.75) is 26.1 Å². The lowest BCUT2D eigenvalue weighted by Gasteiger charge is -2.21. The van der Waals surface area contributed by atoms with Crippen molar-refractivity contribution in [3.05, 3.63) is 108 Å². The Morgan fingerprint density at radius 1 is 0.647 bits per heavy atom. The van der Waals surface area contributed by atoms with Crippen LogP contribution in [0.1, 0.15) is 23.1 Å². The van der Waals surface area contributed by atoms with Crippen LogP contribution in [0.4, 0.5) is 0 Å². The number of ether oxygens (including phenoxy) is 2. The van der Waals surface area contributed by atoms with Gasteiger partial charge >= 0.3 is 20.6 Å². The maximum absolute atomic E-state index is 13.1. The van der Waals surface area contributed by atoms with Crippen molar-refractivity contribution >= 4 is 20.6 Å². The van der Waals surface area contributed by atoms with Gasteiger partial charge in [0.15, 0.2) is 0 Å². The third kappa shape index (κ3) is 8.54. The lowest BCUT2D eigenvalue weighted by molar-refractivity contribution is -0.155. The topological polar surface area (TPSA) is 78.9 Å². The van der Waals surface area contributed by atoms with Crippen LogP contribution in [-0.4, -0.2) is 18.5 Å². The fraction of sp³-hybridized carbons (Fsp3) is 0.259. The van der Waals surface area contributed by atoms with E-state index in [1.54, 1.807) is 0 Å². The van der Waals surface area contributed by atoms with Gasteiger partial charge in [0.1, 0.15) is 13.2 Å². The Labute approximate surface area is 201 Å². The minimum atomic E-state index is -0.775.